The lowest BCUT2D eigenvalue weighted by Crippen LogP contribution is -2.40. The molecule has 0 atom stereocenters. The summed E-state index contributed by atoms with van der Waals surface area (Å²) < 4.78 is 36.9. The Morgan fingerprint density at radius 3 is 2.45 bits per heavy atom. The van der Waals surface area contributed by atoms with Crippen LogP contribution in [0.3, 0.4) is 0 Å². The third-order valence-electron chi connectivity index (χ3n) is 4.28. The number of nitrogens with zero attached hydrogens (tertiary/aromatic N) is 1. The van der Waals surface area contributed by atoms with Crippen LogP contribution in [0.1, 0.15) is 11.1 Å². The summed E-state index contributed by atoms with van der Waals surface area (Å²) in [7, 11) is -3.54. The molecule has 0 N–H and O–H groups in total. The summed E-state index contributed by atoms with van der Waals surface area (Å²) in [5.41, 5.74) is 1.32. The molecule has 0 spiro atoms. The highest BCUT2D eigenvalue weighted by atomic mass is 35.5. The molecule has 0 aromatic heterocycles. The van der Waals surface area contributed by atoms with Crippen LogP contribution in [0.5, 0.6) is 0 Å². The Hall–Kier alpha value is -1.90. The van der Waals surface area contributed by atoms with E-state index in [4.69, 9.17) is 32.7 Å². The summed E-state index contributed by atoms with van der Waals surface area (Å²) in [5.74, 6) is -0.541. The third-order valence-corrected chi connectivity index (χ3v) is 6.78. The van der Waals surface area contributed by atoms with Gasteiger partial charge in [0.15, 0.2) is 0 Å². The van der Waals surface area contributed by atoms with Crippen LogP contribution < -0.4 is 0 Å². The molecule has 1 saturated heterocycles. The quantitative estimate of drug-likeness (QED) is 0.489. The maximum atomic E-state index is 12.6. The van der Waals surface area contributed by atoms with Gasteiger partial charge < -0.3 is 9.47 Å². The summed E-state index contributed by atoms with van der Waals surface area (Å²) in [6.07, 6.45) is 2.83. The standard InChI is InChI=1S/C20H19Cl2NO5S/c21-17-5-4-16(19(22)13-17)14-28-20(24)8-3-15-1-6-18(7-2-15)29(25,26)23-9-11-27-12-10-23/h1-8,13H,9-12,14H2/b8-3+. The SMILES string of the molecule is O=C(/C=C/c1ccc(S(=O)(=O)N2CCOCC2)cc1)OCc1ccc(Cl)cc1Cl. The van der Waals surface area contributed by atoms with Crippen molar-refractivity contribution in [2.45, 2.75) is 11.5 Å². The van der Waals surface area contributed by atoms with Gasteiger partial charge >= 0.3 is 5.97 Å². The fourth-order valence-corrected chi connectivity index (χ4v) is 4.56. The molecule has 9 heteroatoms. The lowest BCUT2D eigenvalue weighted by Gasteiger charge is -2.26. The van der Waals surface area contributed by atoms with Crippen molar-refractivity contribution < 1.29 is 22.7 Å². The Kier molecular flexibility index (Phi) is 7.32. The van der Waals surface area contributed by atoms with Crippen LogP contribution in [-0.2, 0) is 30.9 Å². The number of sulfonamides is 1. The van der Waals surface area contributed by atoms with Crippen LogP contribution in [0.4, 0.5) is 0 Å². The number of benzene rings is 2. The van der Waals surface area contributed by atoms with Crippen LogP contribution in [0.25, 0.3) is 6.08 Å². The second kappa shape index (κ2) is 9.73. The Morgan fingerprint density at radius 2 is 1.79 bits per heavy atom. The minimum Gasteiger partial charge on any atom is -0.458 e. The molecule has 0 saturated carbocycles. The normalized spacial score (nSPS) is 15.5. The third kappa shape index (κ3) is 5.81. The van der Waals surface area contributed by atoms with E-state index >= 15 is 0 Å². The minimum absolute atomic E-state index is 0.0237. The lowest BCUT2D eigenvalue weighted by molar-refractivity contribution is -0.138. The first-order chi connectivity index (χ1) is 13.9. The maximum absolute atomic E-state index is 12.6. The smallest absolute Gasteiger partial charge is 0.331 e. The molecule has 0 radical (unpaired) electrons. The van der Waals surface area contributed by atoms with Gasteiger partial charge in [-0.2, -0.15) is 4.31 Å². The Labute approximate surface area is 179 Å². The Balaban J connectivity index is 1.58. The van der Waals surface area contributed by atoms with Crippen molar-refractivity contribution in [3.8, 4) is 0 Å². The molecule has 29 heavy (non-hydrogen) atoms. The van der Waals surface area contributed by atoms with Crippen molar-refractivity contribution >= 4 is 45.3 Å². The summed E-state index contributed by atoms with van der Waals surface area (Å²) in [5, 5.41) is 0.926. The highest BCUT2D eigenvalue weighted by molar-refractivity contribution is 7.89. The molecule has 1 aliphatic heterocycles. The first-order valence-corrected chi connectivity index (χ1v) is 11.0. The van der Waals surface area contributed by atoms with E-state index < -0.39 is 16.0 Å². The first kappa shape index (κ1) is 21.8. The van der Waals surface area contributed by atoms with Gasteiger partial charge in [-0.15, -0.1) is 0 Å². The van der Waals surface area contributed by atoms with Crippen LogP contribution in [-0.4, -0.2) is 45.0 Å². The van der Waals surface area contributed by atoms with Crippen LogP contribution in [0, 0.1) is 0 Å². The molecule has 3 rings (SSSR count). The first-order valence-electron chi connectivity index (χ1n) is 8.83. The van der Waals surface area contributed by atoms with Gasteiger partial charge in [-0.05, 0) is 35.9 Å². The Morgan fingerprint density at radius 1 is 1.10 bits per heavy atom. The second-order valence-electron chi connectivity index (χ2n) is 6.26. The molecule has 0 unspecified atom stereocenters. The van der Waals surface area contributed by atoms with Gasteiger partial charge in [0.2, 0.25) is 10.0 Å². The van der Waals surface area contributed by atoms with Crippen molar-refractivity contribution in [1.29, 1.82) is 0 Å². The van der Waals surface area contributed by atoms with Gasteiger partial charge in [0.25, 0.3) is 0 Å². The van der Waals surface area contributed by atoms with Gasteiger partial charge in [-0.3, -0.25) is 0 Å². The summed E-state index contributed by atoms with van der Waals surface area (Å²) >= 11 is 11.9. The number of carbonyl (C=O) groups excluding carboxylic acids is 1. The highest BCUT2D eigenvalue weighted by Crippen LogP contribution is 2.22. The number of halogens is 2. The molecule has 154 valence electrons. The number of hydrogen-bond donors (Lipinski definition) is 0. The summed E-state index contributed by atoms with van der Waals surface area (Å²) in [4.78, 5) is 12.1. The summed E-state index contributed by atoms with van der Waals surface area (Å²) in [6, 6.07) is 11.2. The summed E-state index contributed by atoms with van der Waals surface area (Å²) in [6.45, 7) is 1.49. The van der Waals surface area contributed by atoms with Gasteiger partial charge in [0.1, 0.15) is 6.61 Å². The number of hydrogen-bond acceptors (Lipinski definition) is 5. The van der Waals surface area contributed by atoms with Crippen molar-refractivity contribution in [3.63, 3.8) is 0 Å². The highest BCUT2D eigenvalue weighted by Gasteiger charge is 2.25. The number of esters is 1. The molecule has 1 fully saturated rings. The predicted molar refractivity (Wildman–Crippen MR) is 111 cm³/mol. The average Bonchev–Trinajstić information content (AvgIpc) is 2.72. The van der Waals surface area contributed by atoms with E-state index in [9.17, 15) is 13.2 Å². The van der Waals surface area contributed by atoms with Gasteiger partial charge in [0.05, 0.1) is 18.1 Å². The van der Waals surface area contributed by atoms with E-state index in [-0.39, 0.29) is 11.5 Å². The zero-order chi connectivity index (χ0) is 20.9. The fraction of sp³-hybridized carbons (Fsp3) is 0.250. The molecular formula is C20H19Cl2NO5S. The fourth-order valence-electron chi connectivity index (χ4n) is 2.69. The van der Waals surface area contributed by atoms with Crippen molar-refractivity contribution in [1.82, 2.24) is 4.31 Å². The van der Waals surface area contributed by atoms with E-state index in [2.05, 4.69) is 0 Å². The lowest BCUT2D eigenvalue weighted by atomic mass is 10.2. The molecule has 2 aromatic rings. The number of ether oxygens (including phenoxy) is 2. The zero-order valence-corrected chi connectivity index (χ0v) is 17.7. The molecule has 0 amide bonds. The molecule has 6 nitrogen and oxygen atoms in total. The molecule has 0 bridgehead atoms. The van der Waals surface area contributed by atoms with Crippen molar-refractivity contribution in [2.75, 3.05) is 26.3 Å². The molecule has 0 aliphatic carbocycles. The van der Waals surface area contributed by atoms with Gasteiger partial charge in [-0.25, -0.2) is 13.2 Å². The van der Waals surface area contributed by atoms with E-state index in [1.165, 1.54) is 22.5 Å². The van der Waals surface area contributed by atoms with Crippen LogP contribution >= 0.6 is 23.2 Å². The predicted octanol–water partition coefficient (Wildman–Crippen LogP) is 3.77. The molecular weight excluding hydrogens is 437 g/mol. The number of morpholine rings is 1. The van der Waals surface area contributed by atoms with Crippen molar-refractivity contribution in [2.24, 2.45) is 0 Å². The molecule has 1 aliphatic rings. The maximum Gasteiger partial charge on any atom is 0.331 e. The van der Waals surface area contributed by atoms with Gasteiger partial charge in [0, 0.05) is 34.8 Å². The van der Waals surface area contributed by atoms with E-state index in [0.29, 0.717) is 47.5 Å². The molecule has 2 aromatic carbocycles. The topological polar surface area (TPSA) is 72.9 Å². The number of rotatable bonds is 6. The Bertz CT molecular complexity index is 1000. The largest absolute Gasteiger partial charge is 0.458 e. The minimum atomic E-state index is -3.54. The average molecular weight is 456 g/mol. The van der Waals surface area contributed by atoms with E-state index in [1.54, 1.807) is 36.4 Å². The van der Waals surface area contributed by atoms with Crippen molar-refractivity contribution in [3.05, 3.63) is 69.7 Å². The monoisotopic (exact) mass is 455 g/mol. The van der Waals surface area contributed by atoms with Crippen LogP contribution in [0.2, 0.25) is 10.0 Å². The zero-order valence-electron chi connectivity index (χ0n) is 15.4. The second-order valence-corrected chi connectivity index (χ2v) is 9.04. The molecule has 1 heterocycles. The number of carbonyl (C=O) groups is 1. The van der Waals surface area contributed by atoms with Crippen LogP contribution in [0.15, 0.2) is 53.4 Å². The van der Waals surface area contributed by atoms with Gasteiger partial charge in [-0.1, -0.05) is 41.4 Å². The van der Waals surface area contributed by atoms with E-state index in [1.807, 2.05) is 0 Å². The van der Waals surface area contributed by atoms with E-state index in [0.717, 1.165) is 0 Å².